The topological polar surface area (TPSA) is 17.1 Å². The van der Waals surface area contributed by atoms with Crippen LogP contribution in [0.4, 0.5) is 0 Å². The van der Waals surface area contributed by atoms with E-state index in [2.05, 4.69) is 19.9 Å². The molecule has 1 aromatic carbocycles. The molecular formula is C15H20O. The van der Waals surface area contributed by atoms with Crippen LogP contribution in [-0.4, -0.2) is 5.78 Å². The smallest absolute Gasteiger partial charge is 0.163 e. The van der Waals surface area contributed by atoms with Gasteiger partial charge in [0.2, 0.25) is 0 Å². The van der Waals surface area contributed by atoms with Crippen molar-refractivity contribution < 1.29 is 4.79 Å². The summed E-state index contributed by atoms with van der Waals surface area (Å²) in [5.74, 6) is 0.241. The molecule has 0 fully saturated rings. The Bertz CT molecular complexity index is 349. The molecule has 0 saturated carbocycles. The highest BCUT2D eigenvalue weighted by atomic mass is 16.1. The number of rotatable bonds is 6. The first-order chi connectivity index (χ1) is 7.74. The predicted molar refractivity (Wildman–Crippen MR) is 68.7 cm³/mol. The van der Waals surface area contributed by atoms with Gasteiger partial charge in [-0.05, 0) is 19.8 Å². The Morgan fingerprint density at radius 1 is 1.19 bits per heavy atom. The van der Waals surface area contributed by atoms with Crippen LogP contribution in [0.5, 0.6) is 0 Å². The number of hydrogen-bond donors (Lipinski definition) is 0. The van der Waals surface area contributed by atoms with Gasteiger partial charge < -0.3 is 0 Å². The van der Waals surface area contributed by atoms with Crippen LogP contribution in [0.1, 0.15) is 49.9 Å². The quantitative estimate of drug-likeness (QED) is 0.509. The number of allylic oxidation sites excluding steroid dienone is 2. The molecule has 0 unspecified atom stereocenters. The van der Waals surface area contributed by atoms with E-state index in [0.717, 1.165) is 18.4 Å². The van der Waals surface area contributed by atoms with E-state index in [1.54, 1.807) is 0 Å². The first kappa shape index (κ1) is 12.7. The third-order valence-electron chi connectivity index (χ3n) is 2.62. The maximum absolute atomic E-state index is 11.8. The number of ketones is 1. The van der Waals surface area contributed by atoms with Crippen molar-refractivity contribution in [2.75, 3.05) is 0 Å². The second kappa shape index (κ2) is 7.00. The largest absolute Gasteiger partial charge is 0.294 e. The van der Waals surface area contributed by atoms with Crippen LogP contribution in [0.25, 0.3) is 0 Å². The van der Waals surface area contributed by atoms with Crippen LogP contribution in [0.3, 0.4) is 0 Å². The lowest BCUT2D eigenvalue weighted by atomic mass is 10.0. The number of unbranched alkanes of at least 4 members (excludes halogenated alkanes) is 1. The van der Waals surface area contributed by atoms with Crippen LogP contribution in [0.2, 0.25) is 0 Å². The van der Waals surface area contributed by atoms with Crippen LogP contribution >= 0.6 is 0 Å². The van der Waals surface area contributed by atoms with Crippen molar-refractivity contribution in [2.45, 2.75) is 39.5 Å². The van der Waals surface area contributed by atoms with Gasteiger partial charge in [0, 0.05) is 12.0 Å². The number of carbonyl (C=O) groups is 1. The van der Waals surface area contributed by atoms with Gasteiger partial charge >= 0.3 is 0 Å². The summed E-state index contributed by atoms with van der Waals surface area (Å²) < 4.78 is 0. The molecular weight excluding hydrogens is 196 g/mol. The van der Waals surface area contributed by atoms with E-state index >= 15 is 0 Å². The molecule has 0 aliphatic heterocycles. The van der Waals surface area contributed by atoms with E-state index in [0.29, 0.717) is 6.42 Å². The SMILES string of the molecule is CCC/C=C(/C)CCC(=O)c1ccccc1. The lowest BCUT2D eigenvalue weighted by molar-refractivity contribution is 0.0983. The molecule has 1 rings (SSSR count). The van der Waals surface area contributed by atoms with Gasteiger partial charge in [-0.2, -0.15) is 0 Å². The zero-order valence-corrected chi connectivity index (χ0v) is 10.2. The van der Waals surface area contributed by atoms with Crippen molar-refractivity contribution in [3.63, 3.8) is 0 Å². The monoisotopic (exact) mass is 216 g/mol. The zero-order valence-electron chi connectivity index (χ0n) is 10.2. The van der Waals surface area contributed by atoms with Crippen molar-refractivity contribution >= 4 is 5.78 Å². The summed E-state index contributed by atoms with van der Waals surface area (Å²) in [6, 6.07) is 9.52. The van der Waals surface area contributed by atoms with Gasteiger partial charge in [-0.25, -0.2) is 0 Å². The summed E-state index contributed by atoms with van der Waals surface area (Å²) in [6.07, 6.45) is 6.03. The summed E-state index contributed by atoms with van der Waals surface area (Å²) in [4.78, 5) is 11.8. The molecule has 86 valence electrons. The fourth-order valence-electron chi connectivity index (χ4n) is 1.57. The maximum atomic E-state index is 11.8. The molecule has 0 aliphatic rings. The van der Waals surface area contributed by atoms with E-state index in [1.165, 1.54) is 12.0 Å². The lowest BCUT2D eigenvalue weighted by Gasteiger charge is -2.01. The molecule has 1 heteroatoms. The van der Waals surface area contributed by atoms with Crippen LogP contribution in [0.15, 0.2) is 42.0 Å². The first-order valence-electron chi connectivity index (χ1n) is 5.98. The van der Waals surface area contributed by atoms with E-state index in [1.807, 2.05) is 30.3 Å². The Kier molecular flexibility index (Phi) is 5.55. The Balaban J connectivity index is 2.42. The summed E-state index contributed by atoms with van der Waals surface area (Å²) >= 11 is 0. The molecule has 0 atom stereocenters. The van der Waals surface area contributed by atoms with Gasteiger partial charge in [-0.15, -0.1) is 0 Å². The Morgan fingerprint density at radius 2 is 1.88 bits per heavy atom. The zero-order chi connectivity index (χ0) is 11.8. The normalized spacial score (nSPS) is 11.5. The number of Topliss-reactive ketones (excluding diaryl/α,β-unsaturated/α-hetero) is 1. The van der Waals surface area contributed by atoms with E-state index in [-0.39, 0.29) is 5.78 Å². The summed E-state index contributed by atoms with van der Waals surface area (Å²) in [7, 11) is 0. The van der Waals surface area contributed by atoms with Gasteiger partial charge in [0.05, 0.1) is 0 Å². The molecule has 0 saturated heterocycles. The predicted octanol–water partition coefficient (Wildman–Crippen LogP) is 4.40. The van der Waals surface area contributed by atoms with Gasteiger partial charge in [-0.3, -0.25) is 4.79 Å². The number of benzene rings is 1. The van der Waals surface area contributed by atoms with Crippen molar-refractivity contribution in [1.82, 2.24) is 0 Å². The summed E-state index contributed by atoms with van der Waals surface area (Å²) in [5, 5.41) is 0. The average Bonchev–Trinajstić information content (AvgIpc) is 2.34. The van der Waals surface area contributed by atoms with E-state index in [9.17, 15) is 4.79 Å². The minimum Gasteiger partial charge on any atom is -0.294 e. The minimum atomic E-state index is 0.241. The Labute approximate surface area is 98.2 Å². The van der Waals surface area contributed by atoms with Gasteiger partial charge in [0.25, 0.3) is 0 Å². The van der Waals surface area contributed by atoms with Gasteiger partial charge in [0.1, 0.15) is 0 Å². The standard InChI is InChI=1S/C15H20O/c1-3-4-8-13(2)11-12-15(16)14-9-6-5-7-10-14/h5-10H,3-4,11-12H2,1-2H3/b13-8-. The highest BCUT2D eigenvalue weighted by molar-refractivity contribution is 5.96. The minimum absolute atomic E-state index is 0.241. The Morgan fingerprint density at radius 3 is 2.50 bits per heavy atom. The lowest BCUT2D eigenvalue weighted by Crippen LogP contribution is -1.98. The van der Waals surface area contributed by atoms with Crippen molar-refractivity contribution in [1.29, 1.82) is 0 Å². The fraction of sp³-hybridized carbons (Fsp3) is 0.400. The third-order valence-corrected chi connectivity index (χ3v) is 2.62. The molecule has 0 heterocycles. The molecule has 0 aliphatic carbocycles. The molecule has 0 radical (unpaired) electrons. The molecule has 16 heavy (non-hydrogen) atoms. The third kappa shape index (κ3) is 4.43. The molecule has 0 bridgehead atoms. The van der Waals surface area contributed by atoms with Crippen molar-refractivity contribution in [2.24, 2.45) is 0 Å². The second-order valence-electron chi connectivity index (χ2n) is 4.13. The van der Waals surface area contributed by atoms with Crippen molar-refractivity contribution in [3.05, 3.63) is 47.5 Å². The molecule has 0 spiro atoms. The Hall–Kier alpha value is -1.37. The number of hydrogen-bond acceptors (Lipinski definition) is 1. The first-order valence-corrected chi connectivity index (χ1v) is 5.98. The van der Waals surface area contributed by atoms with Crippen LogP contribution < -0.4 is 0 Å². The van der Waals surface area contributed by atoms with Crippen LogP contribution in [-0.2, 0) is 0 Å². The van der Waals surface area contributed by atoms with Crippen molar-refractivity contribution in [3.8, 4) is 0 Å². The molecule has 0 N–H and O–H groups in total. The molecule has 0 aromatic heterocycles. The second-order valence-corrected chi connectivity index (χ2v) is 4.13. The van der Waals surface area contributed by atoms with Gasteiger partial charge in [0.15, 0.2) is 5.78 Å². The van der Waals surface area contributed by atoms with Crippen LogP contribution in [0, 0.1) is 0 Å². The van der Waals surface area contributed by atoms with E-state index < -0.39 is 0 Å². The molecule has 0 amide bonds. The number of carbonyl (C=O) groups excluding carboxylic acids is 1. The average molecular weight is 216 g/mol. The highest BCUT2D eigenvalue weighted by Gasteiger charge is 2.04. The van der Waals surface area contributed by atoms with E-state index in [4.69, 9.17) is 0 Å². The maximum Gasteiger partial charge on any atom is 0.163 e. The summed E-state index contributed by atoms with van der Waals surface area (Å²) in [5.41, 5.74) is 2.15. The summed E-state index contributed by atoms with van der Waals surface area (Å²) in [6.45, 7) is 4.27. The molecule has 1 nitrogen and oxygen atoms in total. The fourth-order valence-corrected chi connectivity index (χ4v) is 1.57. The molecule has 1 aromatic rings. The highest BCUT2D eigenvalue weighted by Crippen LogP contribution is 2.10. The van der Waals surface area contributed by atoms with Gasteiger partial charge in [-0.1, -0.05) is 55.3 Å².